The van der Waals surface area contributed by atoms with Crippen LogP contribution in [0.3, 0.4) is 0 Å². The lowest BCUT2D eigenvalue weighted by Gasteiger charge is -1.85. The van der Waals surface area contributed by atoms with Gasteiger partial charge >= 0.3 is 0 Å². The number of rotatable bonds is 2. The lowest BCUT2D eigenvalue weighted by atomic mass is 10.3. The van der Waals surface area contributed by atoms with Crippen LogP contribution in [0.15, 0.2) is 12.1 Å². The van der Waals surface area contributed by atoms with Crippen LogP contribution < -0.4 is 0 Å². The number of nitrogens with zero attached hydrogens (tertiary/aromatic N) is 4. The summed E-state index contributed by atoms with van der Waals surface area (Å²) in [6.45, 7) is 2.14. The summed E-state index contributed by atoms with van der Waals surface area (Å²) in [5.74, 6) is 0.715. The van der Waals surface area contributed by atoms with Gasteiger partial charge in [-0.1, -0.05) is 6.92 Å². The normalized spacial score (nSPS) is 10.6. The smallest absolute Gasteiger partial charge is 0.167 e. The molecule has 2 aromatic heterocycles. The second kappa shape index (κ2) is 3.26. The number of tetrazole rings is 1. The molecule has 0 saturated heterocycles. The predicted molar refractivity (Wildman–Crippen MR) is 51.5 cm³/mol. The number of aryl methyl sites for hydroxylation is 2. The van der Waals surface area contributed by atoms with E-state index >= 15 is 0 Å². The van der Waals surface area contributed by atoms with Crippen molar-refractivity contribution in [3.63, 3.8) is 0 Å². The highest BCUT2D eigenvalue weighted by Crippen LogP contribution is 2.24. The maximum atomic E-state index is 4.13. The number of hydrogen-bond donors (Lipinski definition) is 0. The first-order valence-corrected chi connectivity index (χ1v) is 4.94. The van der Waals surface area contributed by atoms with Crippen LogP contribution in [0.5, 0.6) is 0 Å². The summed E-state index contributed by atoms with van der Waals surface area (Å²) in [4.78, 5) is 3.91. The second-order valence-corrected chi connectivity index (χ2v) is 3.89. The summed E-state index contributed by atoms with van der Waals surface area (Å²) in [6.07, 6.45) is 1.06. The highest BCUT2D eigenvalue weighted by Gasteiger charge is 2.06. The molecular weight excluding hydrogens is 184 g/mol. The van der Waals surface area contributed by atoms with Crippen LogP contribution in [0.2, 0.25) is 0 Å². The molecule has 2 rings (SSSR count). The summed E-state index contributed by atoms with van der Waals surface area (Å²) in [6, 6.07) is 4.15. The second-order valence-electron chi connectivity index (χ2n) is 2.72. The zero-order valence-electron chi connectivity index (χ0n) is 7.56. The van der Waals surface area contributed by atoms with Crippen LogP contribution in [0.25, 0.3) is 10.7 Å². The third-order valence-corrected chi connectivity index (χ3v) is 2.96. The van der Waals surface area contributed by atoms with E-state index in [4.69, 9.17) is 0 Å². The third kappa shape index (κ3) is 1.60. The van der Waals surface area contributed by atoms with Crippen molar-refractivity contribution >= 4 is 11.3 Å². The number of aromatic nitrogens is 4. The molecule has 2 aromatic rings. The van der Waals surface area contributed by atoms with Gasteiger partial charge in [-0.15, -0.1) is 21.5 Å². The molecule has 0 unspecified atom stereocenters. The van der Waals surface area contributed by atoms with E-state index in [2.05, 4.69) is 28.4 Å². The van der Waals surface area contributed by atoms with Gasteiger partial charge in [0, 0.05) is 4.88 Å². The maximum absolute atomic E-state index is 4.13. The molecule has 0 aliphatic carbocycles. The van der Waals surface area contributed by atoms with Crippen molar-refractivity contribution < 1.29 is 0 Å². The Morgan fingerprint density at radius 3 is 2.85 bits per heavy atom. The highest BCUT2D eigenvalue weighted by atomic mass is 32.1. The lowest BCUT2D eigenvalue weighted by Crippen LogP contribution is -1.91. The van der Waals surface area contributed by atoms with Gasteiger partial charge in [0.2, 0.25) is 5.82 Å². The first-order valence-electron chi connectivity index (χ1n) is 4.12. The minimum atomic E-state index is 0.715. The number of thiophene rings is 1. The summed E-state index contributed by atoms with van der Waals surface area (Å²) in [7, 11) is 1.77. The summed E-state index contributed by atoms with van der Waals surface area (Å²) >= 11 is 1.72. The quantitative estimate of drug-likeness (QED) is 0.727. The van der Waals surface area contributed by atoms with Crippen LogP contribution in [-0.2, 0) is 13.5 Å². The summed E-state index contributed by atoms with van der Waals surface area (Å²) in [5.41, 5.74) is 0. The molecule has 68 valence electrons. The van der Waals surface area contributed by atoms with Crippen LogP contribution >= 0.6 is 11.3 Å². The Labute approximate surface area is 80.2 Å². The molecular formula is C8H10N4S. The molecule has 0 fully saturated rings. The fourth-order valence-electron chi connectivity index (χ4n) is 1.07. The van der Waals surface area contributed by atoms with Gasteiger partial charge in [0.15, 0.2) is 0 Å². The van der Waals surface area contributed by atoms with Crippen LogP contribution in [0.4, 0.5) is 0 Å². The molecule has 0 radical (unpaired) electrons. The maximum Gasteiger partial charge on any atom is 0.214 e. The van der Waals surface area contributed by atoms with Crippen molar-refractivity contribution in [2.24, 2.45) is 7.05 Å². The molecule has 5 heteroatoms. The summed E-state index contributed by atoms with van der Waals surface area (Å²) in [5, 5.41) is 11.9. The van der Waals surface area contributed by atoms with Crippen LogP contribution in [0, 0.1) is 0 Å². The van der Waals surface area contributed by atoms with Gasteiger partial charge < -0.3 is 0 Å². The third-order valence-electron chi connectivity index (χ3n) is 1.74. The molecule has 0 aliphatic rings. The Morgan fingerprint density at radius 1 is 1.46 bits per heavy atom. The molecule has 0 spiro atoms. The number of hydrogen-bond acceptors (Lipinski definition) is 4. The van der Waals surface area contributed by atoms with Gasteiger partial charge in [-0.05, 0) is 23.8 Å². The topological polar surface area (TPSA) is 43.6 Å². The largest absolute Gasteiger partial charge is 0.214 e. The van der Waals surface area contributed by atoms with Crippen molar-refractivity contribution in [1.82, 2.24) is 20.2 Å². The van der Waals surface area contributed by atoms with E-state index in [-0.39, 0.29) is 0 Å². The zero-order valence-corrected chi connectivity index (χ0v) is 8.38. The van der Waals surface area contributed by atoms with Gasteiger partial charge in [-0.2, -0.15) is 4.80 Å². The fourth-order valence-corrected chi connectivity index (χ4v) is 1.94. The van der Waals surface area contributed by atoms with Gasteiger partial charge in [0.05, 0.1) is 11.9 Å². The van der Waals surface area contributed by atoms with Crippen molar-refractivity contribution in [3.05, 3.63) is 17.0 Å². The highest BCUT2D eigenvalue weighted by molar-refractivity contribution is 7.15. The van der Waals surface area contributed by atoms with Gasteiger partial charge in [-0.3, -0.25) is 0 Å². The van der Waals surface area contributed by atoms with Crippen molar-refractivity contribution in [2.75, 3.05) is 0 Å². The molecule has 2 heterocycles. The summed E-state index contributed by atoms with van der Waals surface area (Å²) < 4.78 is 0. The van der Waals surface area contributed by atoms with E-state index in [0.717, 1.165) is 11.3 Å². The Hall–Kier alpha value is -1.23. The van der Waals surface area contributed by atoms with Crippen molar-refractivity contribution in [1.29, 1.82) is 0 Å². The van der Waals surface area contributed by atoms with E-state index in [0.29, 0.717) is 5.82 Å². The van der Waals surface area contributed by atoms with E-state index < -0.39 is 0 Å². The molecule has 0 atom stereocenters. The Morgan fingerprint density at radius 2 is 2.31 bits per heavy atom. The average Bonchev–Trinajstić information content (AvgIpc) is 2.71. The minimum Gasteiger partial charge on any atom is -0.167 e. The monoisotopic (exact) mass is 194 g/mol. The molecule has 4 nitrogen and oxygen atoms in total. The molecule has 0 aromatic carbocycles. The van der Waals surface area contributed by atoms with Gasteiger partial charge in [0.1, 0.15) is 0 Å². The SMILES string of the molecule is CCc1ccc(-c2nnn(C)n2)s1. The van der Waals surface area contributed by atoms with E-state index in [9.17, 15) is 0 Å². The van der Waals surface area contributed by atoms with E-state index in [1.807, 2.05) is 6.07 Å². The van der Waals surface area contributed by atoms with Crippen molar-refractivity contribution in [3.8, 4) is 10.7 Å². The van der Waals surface area contributed by atoms with E-state index in [1.165, 1.54) is 9.67 Å². The van der Waals surface area contributed by atoms with E-state index in [1.54, 1.807) is 18.4 Å². The Kier molecular flexibility index (Phi) is 2.10. The lowest BCUT2D eigenvalue weighted by molar-refractivity contribution is 0.630. The Balaban J connectivity index is 2.35. The first-order chi connectivity index (χ1) is 6.29. The van der Waals surface area contributed by atoms with Gasteiger partial charge in [-0.25, -0.2) is 0 Å². The molecule has 0 saturated carbocycles. The molecule has 13 heavy (non-hydrogen) atoms. The first kappa shape index (κ1) is 8.37. The predicted octanol–water partition coefficient (Wildman–Crippen LogP) is 1.50. The Bertz CT molecular complexity index is 404. The van der Waals surface area contributed by atoms with Crippen molar-refractivity contribution in [2.45, 2.75) is 13.3 Å². The zero-order chi connectivity index (χ0) is 9.26. The van der Waals surface area contributed by atoms with Gasteiger partial charge in [0.25, 0.3) is 0 Å². The molecule has 0 aliphatic heterocycles. The standard InChI is InChI=1S/C8H10N4S/c1-3-6-4-5-7(13-6)8-9-11-12(2)10-8/h4-5H,3H2,1-2H3. The van der Waals surface area contributed by atoms with Crippen LogP contribution in [0.1, 0.15) is 11.8 Å². The molecule has 0 N–H and O–H groups in total. The van der Waals surface area contributed by atoms with Crippen LogP contribution in [-0.4, -0.2) is 20.2 Å². The molecule has 0 amide bonds. The minimum absolute atomic E-state index is 0.715. The fraction of sp³-hybridized carbons (Fsp3) is 0.375. The average molecular weight is 194 g/mol. The molecule has 0 bridgehead atoms.